The number of aromatic hydroxyl groups is 1. The molecule has 0 spiro atoms. The summed E-state index contributed by atoms with van der Waals surface area (Å²) in [5.41, 5.74) is 1.94. The van der Waals surface area contributed by atoms with Gasteiger partial charge in [0, 0.05) is 29.6 Å². The van der Waals surface area contributed by atoms with E-state index in [0.29, 0.717) is 6.54 Å². The quantitative estimate of drug-likeness (QED) is 0.515. The Balaban J connectivity index is 1.39. The van der Waals surface area contributed by atoms with Gasteiger partial charge in [-0.25, -0.2) is 14.1 Å². The second kappa shape index (κ2) is 7.93. The van der Waals surface area contributed by atoms with Gasteiger partial charge in [0.1, 0.15) is 23.4 Å². The van der Waals surface area contributed by atoms with E-state index in [-0.39, 0.29) is 30.6 Å². The van der Waals surface area contributed by atoms with Gasteiger partial charge in [0.05, 0.1) is 32.2 Å². The number of hydrogen-bond acceptors (Lipinski definition) is 6. The third-order valence-corrected chi connectivity index (χ3v) is 5.17. The molecule has 3 heterocycles. The molecule has 2 aromatic heterocycles. The normalized spacial score (nSPS) is 20.9. The molecule has 0 aliphatic carbocycles. The number of nitrogens with zero attached hydrogens (tertiary/aromatic N) is 5. The van der Waals surface area contributed by atoms with Gasteiger partial charge in [0.2, 0.25) is 5.79 Å². The highest BCUT2D eigenvalue weighted by Gasteiger charge is 2.45. The second-order valence-electron chi connectivity index (χ2n) is 7.39. The van der Waals surface area contributed by atoms with E-state index in [0.717, 1.165) is 17.3 Å². The van der Waals surface area contributed by atoms with E-state index >= 15 is 0 Å². The number of benzene rings is 2. The van der Waals surface area contributed by atoms with E-state index < -0.39 is 11.6 Å². The molecule has 1 fully saturated rings. The Hall–Kier alpha value is -3.56. The van der Waals surface area contributed by atoms with Gasteiger partial charge in [-0.3, -0.25) is 0 Å². The molecular formula is C22H20FN5O3. The van der Waals surface area contributed by atoms with Gasteiger partial charge in [0.25, 0.3) is 0 Å². The molecule has 0 bridgehead atoms. The van der Waals surface area contributed by atoms with Crippen molar-refractivity contribution < 1.29 is 19.0 Å². The number of halogens is 1. The first kappa shape index (κ1) is 19.4. The van der Waals surface area contributed by atoms with Crippen LogP contribution in [0.5, 0.6) is 5.75 Å². The molecule has 8 nitrogen and oxygen atoms in total. The lowest BCUT2D eigenvalue weighted by Crippen LogP contribution is -2.35. The van der Waals surface area contributed by atoms with E-state index in [1.165, 1.54) is 12.1 Å². The van der Waals surface area contributed by atoms with Gasteiger partial charge in [-0.15, -0.1) is 5.10 Å². The van der Waals surface area contributed by atoms with Crippen LogP contribution in [0.1, 0.15) is 5.56 Å². The Morgan fingerprint density at radius 2 is 2.06 bits per heavy atom. The van der Waals surface area contributed by atoms with Crippen LogP contribution < -0.4 is 0 Å². The molecule has 5 rings (SSSR count). The zero-order valence-corrected chi connectivity index (χ0v) is 16.5. The van der Waals surface area contributed by atoms with Crippen molar-refractivity contribution in [3.8, 4) is 17.0 Å². The average molecular weight is 421 g/mol. The molecule has 0 unspecified atom stereocenters. The lowest BCUT2D eigenvalue weighted by Gasteiger charge is -2.29. The monoisotopic (exact) mass is 421 g/mol. The van der Waals surface area contributed by atoms with Crippen molar-refractivity contribution in [1.29, 1.82) is 0 Å². The maximum Gasteiger partial charge on any atom is 0.216 e. The Morgan fingerprint density at radius 3 is 2.84 bits per heavy atom. The fraction of sp³-hybridized carbons (Fsp3) is 0.227. The molecule has 0 amide bonds. The molecule has 2 atom stereocenters. The summed E-state index contributed by atoms with van der Waals surface area (Å²) in [5, 5.41) is 18.0. The van der Waals surface area contributed by atoms with Crippen molar-refractivity contribution in [2.45, 2.75) is 25.0 Å². The standard InChI is InChI=1S/C22H20FN5O3/c23-20-10-17(29)6-7-19(20)22(14-27-9-8-24-15-27)30-13-18(31-22)11-28-12-21(25-26-28)16-4-2-1-3-5-16/h1-10,12,15,18,29H,11,13-14H2/t18-,22-/m0/s1. The molecule has 0 radical (unpaired) electrons. The number of aromatic nitrogens is 5. The van der Waals surface area contributed by atoms with Gasteiger partial charge < -0.3 is 19.1 Å². The molecule has 1 aliphatic rings. The molecule has 31 heavy (non-hydrogen) atoms. The Kier molecular flexibility index (Phi) is 4.97. The smallest absolute Gasteiger partial charge is 0.216 e. The molecule has 2 aromatic carbocycles. The Bertz CT molecular complexity index is 1170. The zero-order chi connectivity index (χ0) is 21.3. The summed E-state index contributed by atoms with van der Waals surface area (Å²) in [4.78, 5) is 4.04. The summed E-state index contributed by atoms with van der Waals surface area (Å²) in [7, 11) is 0. The highest BCUT2D eigenvalue weighted by Crippen LogP contribution is 2.38. The maximum absolute atomic E-state index is 14.7. The van der Waals surface area contributed by atoms with Crippen molar-refractivity contribution in [2.24, 2.45) is 0 Å². The van der Waals surface area contributed by atoms with Crippen LogP contribution in [0.25, 0.3) is 11.3 Å². The molecule has 9 heteroatoms. The summed E-state index contributed by atoms with van der Waals surface area (Å²) in [5.74, 6) is -2.12. The van der Waals surface area contributed by atoms with Gasteiger partial charge in [-0.1, -0.05) is 35.5 Å². The Morgan fingerprint density at radius 1 is 1.19 bits per heavy atom. The predicted molar refractivity (Wildman–Crippen MR) is 108 cm³/mol. The van der Waals surface area contributed by atoms with E-state index in [9.17, 15) is 9.50 Å². The van der Waals surface area contributed by atoms with Crippen molar-refractivity contribution in [3.05, 3.63) is 84.8 Å². The number of hydrogen-bond donors (Lipinski definition) is 1. The van der Waals surface area contributed by atoms with Crippen LogP contribution in [-0.4, -0.2) is 42.4 Å². The van der Waals surface area contributed by atoms with Gasteiger partial charge in [-0.2, -0.15) is 0 Å². The number of ether oxygens (including phenoxy) is 2. The summed E-state index contributed by atoms with van der Waals surface area (Å²) in [6, 6.07) is 13.7. The zero-order valence-electron chi connectivity index (χ0n) is 16.5. The average Bonchev–Trinajstić information content (AvgIpc) is 3.52. The summed E-state index contributed by atoms with van der Waals surface area (Å²) >= 11 is 0. The van der Waals surface area contributed by atoms with Crippen LogP contribution in [-0.2, 0) is 28.4 Å². The summed E-state index contributed by atoms with van der Waals surface area (Å²) in [6.45, 7) is 0.846. The van der Waals surface area contributed by atoms with Crippen molar-refractivity contribution in [2.75, 3.05) is 6.61 Å². The summed E-state index contributed by atoms with van der Waals surface area (Å²) in [6.07, 6.45) is 6.47. The van der Waals surface area contributed by atoms with Crippen LogP contribution >= 0.6 is 0 Å². The van der Waals surface area contributed by atoms with Crippen molar-refractivity contribution in [1.82, 2.24) is 24.5 Å². The van der Waals surface area contributed by atoms with Gasteiger partial charge >= 0.3 is 0 Å². The summed E-state index contributed by atoms with van der Waals surface area (Å²) < 4.78 is 30.5. The third kappa shape index (κ3) is 3.92. The highest BCUT2D eigenvalue weighted by atomic mass is 19.1. The first-order chi connectivity index (χ1) is 15.1. The molecule has 1 saturated heterocycles. The highest BCUT2D eigenvalue weighted by molar-refractivity contribution is 5.57. The SMILES string of the molecule is Oc1ccc([C@@]2(Cn3ccnc3)OC[C@H](Cn3cc(-c4ccccc4)nn3)O2)c(F)c1. The second-order valence-corrected chi connectivity index (χ2v) is 7.39. The first-order valence-corrected chi connectivity index (χ1v) is 9.83. The number of imidazole rings is 1. The van der Waals surface area contributed by atoms with Crippen LogP contribution in [0.4, 0.5) is 4.39 Å². The first-order valence-electron chi connectivity index (χ1n) is 9.83. The minimum atomic E-state index is -1.36. The topological polar surface area (TPSA) is 87.2 Å². The van der Waals surface area contributed by atoms with Gasteiger partial charge in [0.15, 0.2) is 0 Å². The lowest BCUT2D eigenvalue weighted by molar-refractivity contribution is -0.190. The predicted octanol–water partition coefficient (Wildman–Crippen LogP) is 2.95. The maximum atomic E-state index is 14.7. The fourth-order valence-electron chi connectivity index (χ4n) is 3.74. The van der Waals surface area contributed by atoms with Crippen molar-refractivity contribution >= 4 is 0 Å². The molecule has 1 N–H and O–H groups in total. The van der Waals surface area contributed by atoms with E-state index in [1.807, 2.05) is 36.5 Å². The largest absolute Gasteiger partial charge is 0.508 e. The molecule has 4 aromatic rings. The van der Waals surface area contributed by atoms with E-state index in [1.54, 1.807) is 28.0 Å². The number of phenols is 1. The lowest BCUT2D eigenvalue weighted by atomic mass is 10.0. The van der Waals surface area contributed by atoms with Crippen LogP contribution in [0.3, 0.4) is 0 Å². The molecular weight excluding hydrogens is 401 g/mol. The third-order valence-electron chi connectivity index (χ3n) is 5.17. The number of rotatable bonds is 6. The van der Waals surface area contributed by atoms with E-state index in [2.05, 4.69) is 15.3 Å². The van der Waals surface area contributed by atoms with Crippen LogP contribution in [0.15, 0.2) is 73.4 Å². The minimum absolute atomic E-state index is 0.162. The molecule has 0 saturated carbocycles. The number of phenolic OH excluding ortho intramolecular Hbond substituents is 1. The molecule has 158 valence electrons. The molecule has 1 aliphatic heterocycles. The van der Waals surface area contributed by atoms with Crippen molar-refractivity contribution in [3.63, 3.8) is 0 Å². The van der Waals surface area contributed by atoms with Crippen LogP contribution in [0.2, 0.25) is 0 Å². The fourth-order valence-corrected chi connectivity index (χ4v) is 3.74. The minimum Gasteiger partial charge on any atom is -0.508 e. The van der Waals surface area contributed by atoms with Gasteiger partial charge in [-0.05, 0) is 12.1 Å². The Labute approximate surface area is 177 Å². The van der Waals surface area contributed by atoms with Crippen LogP contribution in [0, 0.1) is 5.82 Å². The van der Waals surface area contributed by atoms with E-state index in [4.69, 9.17) is 9.47 Å².